The van der Waals surface area contributed by atoms with Gasteiger partial charge in [0.25, 0.3) is 0 Å². The lowest BCUT2D eigenvalue weighted by atomic mass is 10.4. The first-order chi connectivity index (χ1) is 5.84. The van der Waals surface area contributed by atoms with Crippen LogP contribution in [0.4, 0.5) is 0 Å². The van der Waals surface area contributed by atoms with Crippen molar-refractivity contribution in [3.8, 4) is 0 Å². The highest BCUT2D eigenvalue weighted by atomic mass is 15.4. The molecule has 62 valence electrons. The standard InChI is InChI=1S/C7H9N5/c1-11-5-7(4-9-11)6-12-3-2-8-10-12/h2-5H,6H2,1H3. The molecular weight excluding hydrogens is 154 g/mol. The van der Waals surface area contributed by atoms with E-state index < -0.39 is 0 Å². The van der Waals surface area contributed by atoms with Crippen molar-refractivity contribution in [2.24, 2.45) is 7.05 Å². The highest BCUT2D eigenvalue weighted by Gasteiger charge is 1.96. The number of nitrogens with zero attached hydrogens (tertiary/aromatic N) is 5. The van der Waals surface area contributed by atoms with E-state index in [0.717, 1.165) is 12.1 Å². The second-order valence-corrected chi connectivity index (χ2v) is 2.62. The summed E-state index contributed by atoms with van der Waals surface area (Å²) in [5.41, 5.74) is 1.13. The van der Waals surface area contributed by atoms with Gasteiger partial charge in [0.05, 0.1) is 18.9 Å². The van der Waals surface area contributed by atoms with Crippen LogP contribution in [0.1, 0.15) is 5.56 Å². The van der Waals surface area contributed by atoms with Gasteiger partial charge in [0.15, 0.2) is 0 Å². The summed E-state index contributed by atoms with van der Waals surface area (Å²) < 4.78 is 3.53. The first kappa shape index (κ1) is 7.02. The summed E-state index contributed by atoms with van der Waals surface area (Å²) in [5.74, 6) is 0. The van der Waals surface area contributed by atoms with Crippen molar-refractivity contribution in [3.05, 3.63) is 30.4 Å². The molecule has 12 heavy (non-hydrogen) atoms. The van der Waals surface area contributed by atoms with Crippen molar-refractivity contribution in [1.82, 2.24) is 24.8 Å². The molecule has 0 saturated carbocycles. The van der Waals surface area contributed by atoms with Gasteiger partial charge in [-0.3, -0.25) is 4.68 Å². The normalized spacial score (nSPS) is 10.4. The quantitative estimate of drug-likeness (QED) is 0.629. The number of aromatic nitrogens is 5. The van der Waals surface area contributed by atoms with Crippen LogP contribution in [0.3, 0.4) is 0 Å². The second-order valence-electron chi connectivity index (χ2n) is 2.62. The molecule has 2 rings (SSSR count). The maximum atomic E-state index is 4.05. The van der Waals surface area contributed by atoms with E-state index in [1.165, 1.54) is 0 Å². The Hall–Kier alpha value is -1.65. The van der Waals surface area contributed by atoms with Crippen molar-refractivity contribution in [2.75, 3.05) is 0 Å². The first-order valence-electron chi connectivity index (χ1n) is 3.66. The van der Waals surface area contributed by atoms with Gasteiger partial charge in [-0.1, -0.05) is 5.21 Å². The maximum Gasteiger partial charge on any atom is 0.0707 e. The lowest BCUT2D eigenvalue weighted by Crippen LogP contribution is -1.99. The van der Waals surface area contributed by atoms with E-state index in [-0.39, 0.29) is 0 Å². The highest BCUT2D eigenvalue weighted by molar-refractivity contribution is 5.03. The van der Waals surface area contributed by atoms with Crippen molar-refractivity contribution in [1.29, 1.82) is 0 Å². The zero-order valence-corrected chi connectivity index (χ0v) is 6.75. The van der Waals surface area contributed by atoms with E-state index in [1.54, 1.807) is 15.6 Å². The van der Waals surface area contributed by atoms with Crippen molar-refractivity contribution in [3.63, 3.8) is 0 Å². The molecule has 2 aromatic rings. The predicted octanol–water partition coefficient (Wildman–Crippen LogP) is 0.0599. The lowest BCUT2D eigenvalue weighted by Gasteiger charge is -1.93. The van der Waals surface area contributed by atoms with Crippen molar-refractivity contribution in [2.45, 2.75) is 6.54 Å². The molecule has 0 aliphatic rings. The SMILES string of the molecule is Cn1cc(Cn2ccnn2)cn1. The molecule has 0 aliphatic carbocycles. The minimum atomic E-state index is 0.730. The summed E-state index contributed by atoms with van der Waals surface area (Å²) in [6.07, 6.45) is 7.27. The molecule has 0 N–H and O–H groups in total. The van der Waals surface area contributed by atoms with Crippen molar-refractivity contribution < 1.29 is 0 Å². The summed E-state index contributed by atoms with van der Waals surface area (Å²) in [4.78, 5) is 0. The molecule has 0 amide bonds. The van der Waals surface area contributed by atoms with Gasteiger partial charge in [0.1, 0.15) is 0 Å². The Morgan fingerprint density at radius 3 is 3.00 bits per heavy atom. The Morgan fingerprint density at radius 2 is 2.42 bits per heavy atom. The number of hydrogen-bond acceptors (Lipinski definition) is 3. The summed E-state index contributed by atoms with van der Waals surface area (Å²) in [6, 6.07) is 0. The van der Waals surface area contributed by atoms with Gasteiger partial charge in [-0.15, -0.1) is 5.10 Å². The van der Waals surface area contributed by atoms with Crippen LogP contribution >= 0.6 is 0 Å². The minimum Gasteiger partial charge on any atom is -0.275 e. The van der Waals surface area contributed by atoms with Gasteiger partial charge in [0, 0.05) is 25.0 Å². The molecule has 5 nitrogen and oxygen atoms in total. The fourth-order valence-electron chi connectivity index (χ4n) is 1.06. The van der Waals surface area contributed by atoms with E-state index in [4.69, 9.17) is 0 Å². The first-order valence-corrected chi connectivity index (χ1v) is 3.66. The molecule has 0 atom stereocenters. The third kappa shape index (κ3) is 1.34. The van der Waals surface area contributed by atoms with Crippen LogP contribution in [0.2, 0.25) is 0 Å². The Labute approximate surface area is 69.6 Å². The van der Waals surface area contributed by atoms with Crippen LogP contribution in [-0.4, -0.2) is 24.8 Å². The molecule has 0 radical (unpaired) electrons. The van der Waals surface area contributed by atoms with Crippen LogP contribution < -0.4 is 0 Å². The molecule has 2 aromatic heterocycles. The third-order valence-corrected chi connectivity index (χ3v) is 1.57. The molecule has 0 saturated heterocycles. The van der Waals surface area contributed by atoms with Gasteiger partial charge in [-0.05, 0) is 0 Å². The zero-order valence-electron chi connectivity index (χ0n) is 6.75. The monoisotopic (exact) mass is 163 g/mol. The van der Waals surface area contributed by atoms with E-state index in [2.05, 4.69) is 15.4 Å². The second kappa shape index (κ2) is 2.77. The topological polar surface area (TPSA) is 48.5 Å². The Balaban J connectivity index is 2.14. The van der Waals surface area contributed by atoms with Gasteiger partial charge in [0.2, 0.25) is 0 Å². The van der Waals surface area contributed by atoms with E-state index in [1.807, 2.05) is 25.6 Å². The predicted molar refractivity (Wildman–Crippen MR) is 42.3 cm³/mol. The highest BCUT2D eigenvalue weighted by Crippen LogP contribution is 1.97. The molecular formula is C7H9N5. The zero-order chi connectivity index (χ0) is 8.39. The smallest absolute Gasteiger partial charge is 0.0707 e. The summed E-state index contributed by atoms with van der Waals surface area (Å²) in [5, 5.41) is 11.6. The van der Waals surface area contributed by atoms with Crippen LogP contribution in [0, 0.1) is 0 Å². The molecule has 5 heteroatoms. The molecule has 0 bridgehead atoms. The minimum absolute atomic E-state index is 0.730. The fourth-order valence-corrected chi connectivity index (χ4v) is 1.06. The number of aryl methyl sites for hydroxylation is 1. The van der Waals surface area contributed by atoms with Gasteiger partial charge in [-0.2, -0.15) is 5.10 Å². The van der Waals surface area contributed by atoms with Crippen LogP contribution in [0.25, 0.3) is 0 Å². The molecule has 0 aliphatic heterocycles. The molecule has 2 heterocycles. The third-order valence-electron chi connectivity index (χ3n) is 1.57. The molecule has 0 spiro atoms. The molecule has 0 aromatic carbocycles. The number of rotatable bonds is 2. The van der Waals surface area contributed by atoms with Crippen molar-refractivity contribution >= 4 is 0 Å². The van der Waals surface area contributed by atoms with Crippen LogP contribution in [0.15, 0.2) is 24.8 Å². The largest absolute Gasteiger partial charge is 0.275 e. The summed E-state index contributed by atoms with van der Waals surface area (Å²) >= 11 is 0. The molecule has 0 fully saturated rings. The van der Waals surface area contributed by atoms with E-state index in [0.29, 0.717) is 0 Å². The van der Waals surface area contributed by atoms with Crippen LogP contribution in [-0.2, 0) is 13.6 Å². The maximum absolute atomic E-state index is 4.05. The average molecular weight is 163 g/mol. The lowest BCUT2D eigenvalue weighted by molar-refractivity contribution is 0.649. The van der Waals surface area contributed by atoms with Gasteiger partial charge in [-0.25, -0.2) is 4.68 Å². The molecule has 0 unspecified atom stereocenters. The number of hydrogen-bond donors (Lipinski definition) is 0. The van der Waals surface area contributed by atoms with E-state index in [9.17, 15) is 0 Å². The fraction of sp³-hybridized carbons (Fsp3) is 0.286. The Morgan fingerprint density at radius 1 is 1.50 bits per heavy atom. The average Bonchev–Trinajstić information content (AvgIpc) is 2.63. The van der Waals surface area contributed by atoms with E-state index >= 15 is 0 Å². The Kier molecular flexibility index (Phi) is 1.62. The summed E-state index contributed by atoms with van der Waals surface area (Å²) in [6.45, 7) is 0.730. The van der Waals surface area contributed by atoms with Gasteiger partial charge >= 0.3 is 0 Å². The Bertz CT molecular complexity index is 348. The summed E-state index contributed by atoms with van der Waals surface area (Å²) in [7, 11) is 1.89. The van der Waals surface area contributed by atoms with Crippen LogP contribution in [0.5, 0.6) is 0 Å². The van der Waals surface area contributed by atoms with Gasteiger partial charge < -0.3 is 0 Å².